The van der Waals surface area contributed by atoms with Crippen LogP contribution in [0.4, 0.5) is 11.4 Å². The van der Waals surface area contributed by atoms with E-state index in [0.29, 0.717) is 39.8 Å². The van der Waals surface area contributed by atoms with Gasteiger partial charge in [0.1, 0.15) is 5.37 Å². The highest BCUT2D eigenvalue weighted by Gasteiger charge is 2.32. The molecule has 0 unspecified atom stereocenters. The lowest BCUT2D eigenvalue weighted by atomic mass is 10.1. The Kier molecular flexibility index (Phi) is 8.16. The van der Waals surface area contributed by atoms with Crippen LogP contribution in [0.5, 0.6) is 0 Å². The first kappa shape index (κ1) is 27.8. The predicted octanol–water partition coefficient (Wildman–Crippen LogP) is 6.48. The molecule has 204 valence electrons. The summed E-state index contributed by atoms with van der Waals surface area (Å²) in [5, 5.41) is 3.14. The molecule has 1 aliphatic rings. The van der Waals surface area contributed by atoms with E-state index in [4.69, 9.17) is 11.6 Å². The molecule has 5 rings (SSSR count). The van der Waals surface area contributed by atoms with Crippen LogP contribution in [0.3, 0.4) is 0 Å². The number of hydrogen-bond acceptors (Lipinski definition) is 5. The van der Waals surface area contributed by atoms with Crippen molar-refractivity contribution in [2.75, 3.05) is 15.8 Å². The van der Waals surface area contributed by atoms with E-state index in [9.17, 15) is 18.0 Å². The average Bonchev–Trinajstić information content (AvgIpc) is 3.31. The minimum absolute atomic E-state index is 0.0536. The maximum atomic E-state index is 12.9. The Labute approximate surface area is 242 Å². The third-order valence-corrected chi connectivity index (χ3v) is 9.60. The molecule has 0 spiro atoms. The third-order valence-electron chi connectivity index (χ3n) is 6.56. The summed E-state index contributed by atoms with van der Waals surface area (Å²) in [6.07, 6.45) is 0. The number of carbonyl (C=O) groups is 2. The highest BCUT2D eigenvalue weighted by atomic mass is 35.5. The second-order valence-corrected chi connectivity index (χ2v) is 12.4. The van der Waals surface area contributed by atoms with E-state index >= 15 is 0 Å². The van der Waals surface area contributed by atoms with Crippen molar-refractivity contribution in [2.24, 2.45) is 0 Å². The molecule has 40 heavy (non-hydrogen) atoms. The fourth-order valence-electron chi connectivity index (χ4n) is 4.32. The highest BCUT2D eigenvalue weighted by molar-refractivity contribution is 8.00. The summed E-state index contributed by atoms with van der Waals surface area (Å²) in [6, 6.07) is 28.0. The molecule has 10 heteroatoms. The van der Waals surface area contributed by atoms with Crippen LogP contribution in [0.15, 0.2) is 102 Å². The normalized spacial score (nSPS) is 15.2. The molecule has 0 radical (unpaired) electrons. The van der Waals surface area contributed by atoms with Crippen LogP contribution in [-0.2, 0) is 21.4 Å². The third kappa shape index (κ3) is 6.17. The van der Waals surface area contributed by atoms with Gasteiger partial charge in [0.15, 0.2) is 0 Å². The number of carbonyl (C=O) groups excluding carboxylic acids is 2. The van der Waals surface area contributed by atoms with Crippen molar-refractivity contribution in [3.63, 3.8) is 0 Å². The van der Waals surface area contributed by atoms with Crippen molar-refractivity contribution in [3.05, 3.63) is 124 Å². The molecule has 1 atom stereocenters. The fraction of sp³-hybridized carbons (Fsp3) is 0.133. The van der Waals surface area contributed by atoms with Gasteiger partial charge >= 0.3 is 0 Å². The minimum Gasteiger partial charge on any atom is -0.322 e. The lowest BCUT2D eigenvalue weighted by Gasteiger charge is -2.24. The maximum Gasteiger partial charge on any atom is 0.261 e. The Morgan fingerprint density at radius 1 is 0.950 bits per heavy atom. The predicted molar refractivity (Wildman–Crippen MR) is 160 cm³/mol. The summed E-state index contributed by atoms with van der Waals surface area (Å²) < 4.78 is 28.2. The van der Waals surface area contributed by atoms with Crippen LogP contribution in [0.1, 0.15) is 32.4 Å². The van der Waals surface area contributed by atoms with Gasteiger partial charge in [-0.25, -0.2) is 8.42 Å². The summed E-state index contributed by atoms with van der Waals surface area (Å²) in [6.45, 7) is 2.26. The Morgan fingerprint density at radius 2 is 1.65 bits per heavy atom. The van der Waals surface area contributed by atoms with Gasteiger partial charge in [0, 0.05) is 22.8 Å². The number of rotatable bonds is 8. The van der Waals surface area contributed by atoms with E-state index in [1.807, 2.05) is 47.4 Å². The van der Waals surface area contributed by atoms with Crippen molar-refractivity contribution in [1.82, 2.24) is 4.90 Å². The molecule has 4 aromatic rings. The van der Waals surface area contributed by atoms with Crippen LogP contribution in [0.2, 0.25) is 5.02 Å². The second-order valence-electron chi connectivity index (χ2n) is 9.29. The molecule has 1 heterocycles. The Morgan fingerprint density at radius 3 is 2.35 bits per heavy atom. The van der Waals surface area contributed by atoms with E-state index in [-0.39, 0.29) is 22.1 Å². The number of thioether (sulfide) groups is 1. The first-order chi connectivity index (χ1) is 19.2. The van der Waals surface area contributed by atoms with Crippen LogP contribution < -0.4 is 10.0 Å². The molecule has 1 fully saturated rings. The monoisotopic (exact) mass is 591 g/mol. The topological polar surface area (TPSA) is 95.6 Å². The lowest BCUT2D eigenvalue weighted by molar-refractivity contribution is -0.128. The summed E-state index contributed by atoms with van der Waals surface area (Å²) in [7, 11) is -3.84. The van der Waals surface area contributed by atoms with Gasteiger partial charge in [-0.15, -0.1) is 11.8 Å². The van der Waals surface area contributed by atoms with Crippen LogP contribution in [0, 0.1) is 6.92 Å². The van der Waals surface area contributed by atoms with Crippen molar-refractivity contribution in [2.45, 2.75) is 23.7 Å². The molecule has 7 nitrogen and oxygen atoms in total. The van der Waals surface area contributed by atoms with Gasteiger partial charge in [0.25, 0.3) is 15.9 Å². The fourth-order valence-corrected chi connectivity index (χ4v) is 6.81. The highest BCUT2D eigenvalue weighted by Crippen LogP contribution is 2.39. The van der Waals surface area contributed by atoms with Gasteiger partial charge in [0.2, 0.25) is 5.91 Å². The van der Waals surface area contributed by atoms with Crippen LogP contribution in [0.25, 0.3) is 0 Å². The molecule has 0 aromatic heterocycles. The number of anilines is 2. The molecule has 2 amide bonds. The zero-order valence-corrected chi connectivity index (χ0v) is 23.9. The van der Waals surface area contributed by atoms with Gasteiger partial charge in [-0.05, 0) is 72.1 Å². The molecule has 0 saturated carbocycles. The van der Waals surface area contributed by atoms with Crippen LogP contribution >= 0.6 is 23.4 Å². The molecule has 0 bridgehead atoms. The number of amides is 2. The number of benzene rings is 4. The lowest BCUT2D eigenvalue weighted by Crippen LogP contribution is -2.27. The molecule has 2 N–H and O–H groups in total. The van der Waals surface area contributed by atoms with Crippen LogP contribution in [-0.4, -0.2) is 30.9 Å². The molecular weight excluding hydrogens is 566 g/mol. The van der Waals surface area contributed by atoms with Crippen molar-refractivity contribution in [1.29, 1.82) is 0 Å². The molecule has 1 aliphatic heterocycles. The van der Waals surface area contributed by atoms with Crippen molar-refractivity contribution < 1.29 is 18.0 Å². The van der Waals surface area contributed by atoms with E-state index in [0.717, 1.165) is 11.1 Å². The van der Waals surface area contributed by atoms with Gasteiger partial charge in [0.05, 0.1) is 16.3 Å². The smallest absolute Gasteiger partial charge is 0.261 e. The van der Waals surface area contributed by atoms with E-state index in [2.05, 4.69) is 10.0 Å². The summed E-state index contributed by atoms with van der Waals surface area (Å²) in [4.78, 5) is 27.3. The first-order valence-corrected chi connectivity index (χ1v) is 15.4. The Balaban J connectivity index is 1.23. The summed E-state index contributed by atoms with van der Waals surface area (Å²) >= 11 is 7.67. The van der Waals surface area contributed by atoms with E-state index in [1.165, 1.54) is 24.3 Å². The second kappa shape index (κ2) is 11.8. The first-order valence-electron chi connectivity index (χ1n) is 12.5. The Hall–Kier alpha value is -3.79. The molecule has 0 aliphatic carbocycles. The number of halogens is 1. The number of nitrogens with zero attached hydrogens (tertiary/aromatic N) is 1. The number of nitrogens with one attached hydrogen (secondary N) is 2. The van der Waals surface area contributed by atoms with E-state index in [1.54, 1.807) is 49.0 Å². The largest absolute Gasteiger partial charge is 0.322 e. The van der Waals surface area contributed by atoms with Crippen molar-refractivity contribution >= 4 is 56.6 Å². The standard InChI is InChI=1S/C30H26ClN3O4S2/c1-20-26(31)8-5-9-27(20)33-40(37,38)25-16-14-24(15-17-25)32-29(36)22-10-12-23(13-11-22)30-34(28(35)19-39-30)18-21-6-3-2-4-7-21/h2-17,30,33H,18-19H2,1H3,(H,32,36)/t30-/m1/s1. The summed E-state index contributed by atoms with van der Waals surface area (Å²) in [5.41, 5.74) is 3.94. The van der Waals surface area contributed by atoms with Gasteiger partial charge in [-0.3, -0.25) is 14.3 Å². The average molecular weight is 592 g/mol. The number of sulfonamides is 1. The number of hydrogen-bond donors (Lipinski definition) is 2. The quantitative estimate of drug-likeness (QED) is 0.245. The van der Waals surface area contributed by atoms with Gasteiger partial charge in [-0.2, -0.15) is 0 Å². The van der Waals surface area contributed by atoms with Gasteiger partial charge in [-0.1, -0.05) is 60.1 Å². The minimum atomic E-state index is -3.84. The SMILES string of the molecule is Cc1c(Cl)cccc1NS(=O)(=O)c1ccc(NC(=O)c2ccc([C@H]3SCC(=O)N3Cc3ccccc3)cc2)cc1. The van der Waals surface area contributed by atoms with Gasteiger partial charge < -0.3 is 10.2 Å². The maximum absolute atomic E-state index is 12.9. The zero-order valence-electron chi connectivity index (χ0n) is 21.5. The molecule has 4 aromatic carbocycles. The summed E-state index contributed by atoms with van der Waals surface area (Å²) in [5.74, 6) is 0.176. The zero-order chi connectivity index (χ0) is 28.3. The van der Waals surface area contributed by atoms with Crippen molar-refractivity contribution in [3.8, 4) is 0 Å². The van der Waals surface area contributed by atoms with E-state index < -0.39 is 10.0 Å². The molecular formula is C30H26ClN3O4S2. The Bertz CT molecular complexity index is 1650. The molecule has 1 saturated heterocycles.